The van der Waals surface area contributed by atoms with E-state index in [1.54, 1.807) is 45.9 Å². The number of amides is 2. The highest BCUT2D eigenvalue weighted by Gasteiger charge is 2.26. The molecule has 0 fully saturated rings. The molecule has 5 N–H and O–H groups in total. The number of hydrogen-bond donors (Lipinski definition) is 4. The lowest BCUT2D eigenvalue weighted by Crippen LogP contribution is -2.42. The molecule has 1 heterocycles. The van der Waals surface area contributed by atoms with Crippen LogP contribution in [0, 0.1) is 11.6 Å². The van der Waals surface area contributed by atoms with Gasteiger partial charge >= 0.3 is 6.09 Å². The normalized spacial score (nSPS) is 12.6. The third kappa shape index (κ3) is 7.95. The summed E-state index contributed by atoms with van der Waals surface area (Å²) in [5.74, 6) is -1.63. The molecule has 2 atom stereocenters. The number of carbonyl (C=O) groups excluding carboxylic acids is 2. The Labute approximate surface area is 231 Å². The summed E-state index contributed by atoms with van der Waals surface area (Å²) in [6.45, 7) is 6.83. The summed E-state index contributed by atoms with van der Waals surface area (Å²) in [4.78, 5) is 28.9. The topological polar surface area (TPSA) is 137 Å². The molecule has 0 saturated carbocycles. The number of carbonyl (C=O) groups is 2. The molecule has 12 heteroatoms. The van der Waals surface area contributed by atoms with E-state index in [0.29, 0.717) is 22.7 Å². The van der Waals surface area contributed by atoms with Gasteiger partial charge in [0.2, 0.25) is 0 Å². The highest BCUT2D eigenvalue weighted by atomic mass is 19.1. The predicted octanol–water partition coefficient (Wildman–Crippen LogP) is 5.29. The first-order valence-corrected chi connectivity index (χ1v) is 12.3. The minimum absolute atomic E-state index is 0.0442. The van der Waals surface area contributed by atoms with Gasteiger partial charge in [0, 0.05) is 23.9 Å². The first kappa shape index (κ1) is 29.9. The van der Waals surface area contributed by atoms with Gasteiger partial charge in [-0.15, -0.1) is 0 Å². The molecule has 0 unspecified atom stereocenters. The van der Waals surface area contributed by atoms with Crippen molar-refractivity contribution in [1.82, 2.24) is 10.3 Å². The molecule has 40 heavy (non-hydrogen) atoms. The standard InChI is InChI=1S/C28H33F2N5O5/c1-15(32-27(37)40-28(2,3)4)23(16-7-9-17(29)10-8-16)34-26-22(30)14-21(24(31)36)25(35-26)33-18-11-19(38-5)13-20(12-18)39-6/h7-15,23H,1-6H3,(H2,31,36)(H,32,37)(H2,33,34,35)/t15-,23-/m0/s1. The van der Waals surface area contributed by atoms with Crippen molar-refractivity contribution in [2.45, 2.75) is 45.4 Å². The Kier molecular flexibility index (Phi) is 9.35. The van der Waals surface area contributed by atoms with Crippen molar-refractivity contribution in [3.05, 3.63) is 71.3 Å². The van der Waals surface area contributed by atoms with Crippen molar-refractivity contribution in [2.24, 2.45) is 5.73 Å². The zero-order chi connectivity index (χ0) is 29.6. The van der Waals surface area contributed by atoms with Crippen LogP contribution < -0.4 is 31.2 Å². The van der Waals surface area contributed by atoms with Crippen molar-refractivity contribution in [2.75, 3.05) is 24.9 Å². The number of ether oxygens (including phenoxy) is 3. The van der Waals surface area contributed by atoms with Crippen LogP contribution in [-0.2, 0) is 4.74 Å². The van der Waals surface area contributed by atoms with Gasteiger partial charge in [0.25, 0.3) is 5.91 Å². The van der Waals surface area contributed by atoms with Gasteiger partial charge in [0.05, 0.1) is 31.9 Å². The van der Waals surface area contributed by atoms with E-state index in [0.717, 1.165) is 6.07 Å². The monoisotopic (exact) mass is 557 g/mol. The number of hydrogen-bond acceptors (Lipinski definition) is 8. The van der Waals surface area contributed by atoms with Gasteiger partial charge in [-0.1, -0.05) is 12.1 Å². The lowest BCUT2D eigenvalue weighted by molar-refractivity contribution is 0.0503. The molecule has 214 valence electrons. The summed E-state index contributed by atoms with van der Waals surface area (Å²) in [6, 6.07) is 9.85. The van der Waals surface area contributed by atoms with Crippen molar-refractivity contribution < 1.29 is 32.6 Å². The number of anilines is 3. The van der Waals surface area contributed by atoms with Gasteiger partial charge in [-0.3, -0.25) is 4.79 Å². The molecule has 3 aromatic rings. The number of nitrogens with zero attached hydrogens (tertiary/aromatic N) is 1. The van der Waals surface area contributed by atoms with Crippen LogP contribution in [0.2, 0.25) is 0 Å². The van der Waals surface area contributed by atoms with E-state index < -0.39 is 41.3 Å². The predicted molar refractivity (Wildman–Crippen MR) is 147 cm³/mol. The number of methoxy groups -OCH3 is 2. The first-order valence-electron chi connectivity index (χ1n) is 12.3. The summed E-state index contributed by atoms with van der Waals surface area (Å²) in [6.07, 6.45) is -0.694. The molecule has 2 aromatic carbocycles. The molecule has 0 spiro atoms. The fraction of sp³-hybridized carbons (Fsp3) is 0.321. The molecule has 0 bridgehead atoms. The summed E-state index contributed by atoms with van der Waals surface area (Å²) >= 11 is 0. The van der Waals surface area contributed by atoms with E-state index in [2.05, 4.69) is 20.9 Å². The maximum absolute atomic E-state index is 15.3. The number of nitrogens with one attached hydrogen (secondary N) is 3. The Bertz CT molecular complexity index is 1340. The van der Waals surface area contributed by atoms with Crippen LogP contribution in [0.3, 0.4) is 0 Å². The molecule has 2 amide bonds. The molecule has 0 aliphatic heterocycles. The molecule has 10 nitrogen and oxygen atoms in total. The van der Waals surface area contributed by atoms with E-state index in [-0.39, 0.29) is 17.2 Å². The van der Waals surface area contributed by atoms with Gasteiger partial charge in [-0.05, 0) is 51.5 Å². The number of benzene rings is 2. The minimum atomic E-state index is -0.912. The van der Waals surface area contributed by atoms with Crippen LogP contribution >= 0.6 is 0 Å². The number of aromatic nitrogens is 1. The number of nitrogens with two attached hydrogens (primary N) is 1. The largest absolute Gasteiger partial charge is 0.497 e. The third-order valence-corrected chi connectivity index (χ3v) is 5.62. The lowest BCUT2D eigenvalue weighted by Gasteiger charge is -2.29. The number of halogens is 2. The Balaban J connectivity index is 2.01. The summed E-state index contributed by atoms with van der Waals surface area (Å²) in [5, 5.41) is 8.64. The van der Waals surface area contributed by atoms with Crippen LogP contribution in [-0.4, -0.2) is 42.8 Å². The molecular formula is C28H33F2N5O5. The summed E-state index contributed by atoms with van der Waals surface area (Å²) < 4.78 is 44.9. The molecule has 0 aliphatic rings. The van der Waals surface area contributed by atoms with E-state index >= 15 is 4.39 Å². The highest BCUT2D eigenvalue weighted by molar-refractivity contribution is 5.98. The Morgan fingerprint density at radius 1 is 0.950 bits per heavy atom. The molecule has 0 aliphatic carbocycles. The van der Waals surface area contributed by atoms with Gasteiger partial charge in [-0.2, -0.15) is 0 Å². The molecule has 0 radical (unpaired) electrons. The van der Waals surface area contributed by atoms with Gasteiger partial charge in [0.15, 0.2) is 11.6 Å². The Morgan fingerprint density at radius 3 is 2.08 bits per heavy atom. The zero-order valence-corrected chi connectivity index (χ0v) is 23.1. The SMILES string of the molecule is COc1cc(Nc2nc(N[C@H](c3ccc(F)cc3)[C@H](C)NC(=O)OC(C)(C)C)c(F)cc2C(N)=O)cc(OC)c1. The highest BCUT2D eigenvalue weighted by Crippen LogP contribution is 2.31. The van der Waals surface area contributed by atoms with E-state index in [4.69, 9.17) is 19.9 Å². The number of primary amides is 1. The average Bonchev–Trinajstić information content (AvgIpc) is 2.87. The average molecular weight is 558 g/mol. The van der Waals surface area contributed by atoms with Crippen LogP contribution in [0.4, 0.5) is 30.9 Å². The second-order valence-electron chi connectivity index (χ2n) is 9.91. The zero-order valence-electron chi connectivity index (χ0n) is 23.1. The molecule has 0 saturated heterocycles. The number of rotatable bonds is 10. The van der Waals surface area contributed by atoms with E-state index in [1.807, 2.05) is 0 Å². The van der Waals surface area contributed by atoms with Crippen molar-refractivity contribution in [3.63, 3.8) is 0 Å². The summed E-state index contributed by atoms with van der Waals surface area (Å²) in [5.41, 5.74) is 5.51. The molecule has 1 aromatic heterocycles. The molecule has 3 rings (SSSR count). The van der Waals surface area contributed by atoms with Crippen LogP contribution in [0.1, 0.15) is 49.7 Å². The van der Waals surface area contributed by atoms with Crippen molar-refractivity contribution in [3.8, 4) is 11.5 Å². The van der Waals surface area contributed by atoms with Crippen molar-refractivity contribution in [1.29, 1.82) is 0 Å². The van der Waals surface area contributed by atoms with Gasteiger partial charge < -0.3 is 35.9 Å². The quantitative estimate of drug-likeness (QED) is 0.264. The maximum Gasteiger partial charge on any atom is 0.407 e. The Hall–Kier alpha value is -4.61. The maximum atomic E-state index is 15.3. The van der Waals surface area contributed by atoms with Crippen molar-refractivity contribution >= 4 is 29.3 Å². The Morgan fingerprint density at radius 2 is 1.55 bits per heavy atom. The fourth-order valence-electron chi connectivity index (χ4n) is 3.78. The number of alkyl carbamates (subject to hydrolysis) is 1. The second-order valence-corrected chi connectivity index (χ2v) is 9.91. The minimum Gasteiger partial charge on any atom is -0.497 e. The lowest BCUT2D eigenvalue weighted by atomic mass is 10.00. The summed E-state index contributed by atoms with van der Waals surface area (Å²) in [7, 11) is 2.96. The molecular weight excluding hydrogens is 524 g/mol. The van der Waals surface area contributed by atoms with Crippen LogP contribution in [0.15, 0.2) is 48.5 Å². The van der Waals surface area contributed by atoms with Gasteiger partial charge in [-0.25, -0.2) is 18.6 Å². The fourth-order valence-corrected chi connectivity index (χ4v) is 3.78. The first-order chi connectivity index (χ1) is 18.8. The third-order valence-electron chi connectivity index (χ3n) is 5.62. The van der Waals surface area contributed by atoms with Crippen LogP contribution in [0.5, 0.6) is 11.5 Å². The second kappa shape index (κ2) is 12.5. The van der Waals surface area contributed by atoms with E-state index in [9.17, 15) is 14.0 Å². The van der Waals surface area contributed by atoms with Crippen LogP contribution in [0.25, 0.3) is 0 Å². The smallest absolute Gasteiger partial charge is 0.407 e. The number of pyridine rings is 1. The van der Waals surface area contributed by atoms with Gasteiger partial charge in [0.1, 0.15) is 28.7 Å². The van der Waals surface area contributed by atoms with E-state index in [1.165, 1.54) is 38.5 Å².